The van der Waals surface area contributed by atoms with Crippen molar-refractivity contribution in [3.63, 3.8) is 0 Å². The molecular weight excluding hydrogens is 307 g/mol. The molecule has 0 saturated carbocycles. The molecule has 1 aliphatic heterocycles. The predicted octanol–water partition coefficient (Wildman–Crippen LogP) is 0.388. The van der Waals surface area contributed by atoms with Crippen LogP contribution in [0.4, 0.5) is 0 Å². The number of methoxy groups -OCH3 is 1. The molecule has 0 aromatic carbocycles. The van der Waals surface area contributed by atoms with Crippen molar-refractivity contribution in [2.45, 2.75) is 12.8 Å². The van der Waals surface area contributed by atoms with E-state index in [1.807, 2.05) is 0 Å². The second-order valence-electron chi connectivity index (χ2n) is 3.94. The molecule has 1 rings (SSSR count). The first-order valence-electron chi connectivity index (χ1n) is 5.70. The Labute approximate surface area is 120 Å². The van der Waals surface area contributed by atoms with Crippen LogP contribution in [-0.4, -0.2) is 38.0 Å². The lowest BCUT2D eigenvalue weighted by molar-refractivity contribution is -0.224. The van der Waals surface area contributed by atoms with Gasteiger partial charge in [0.05, 0.1) is 18.8 Å². The molecule has 0 aromatic heterocycles. The van der Waals surface area contributed by atoms with Gasteiger partial charge in [0, 0.05) is 7.11 Å². The van der Waals surface area contributed by atoms with Gasteiger partial charge in [0.2, 0.25) is 0 Å². The van der Waals surface area contributed by atoms with Crippen LogP contribution in [0.5, 0.6) is 0 Å². The van der Waals surface area contributed by atoms with Crippen molar-refractivity contribution in [1.82, 2.24) is 0 Å². The SMILES string of the molecule is C#CCOC(=O)CC1CC(=O)OOP(=O)(COC)OC1=O. The Morgan fingerprint density at radius 3 is 2.86 bits per heavy atom. The van der Waals surface area contributed by atoms with Gasteiger partial charge in [-0.2, -0.15) is 0 Å². The topological polar surface area (TPSA) is 114 Å². The van der Waals surface area contributed by atoms with Gasteiger partial charge in [0.15, 0.2) is 13.0 Å². The third-order valence-corrected chi connectivity index (χ3v) is 3.57. The molecule has 0 radical (unpaired) electrons. The fourth-order valence-corrected chi connectivity index (χ4v) is 2.45. The molecule has 0 aromatic rings. The molecule has 0 bridgehead atoms. The largest absolute Gasteiger partial charge is 0.452 e. The van der Waals surface area contributed by atoms with E-state index in [1.165, 1.54) is 7.11 Å². The van der Waals surface area contributed by atoms with E-state index in [4.69, 9.17) is 6.42 Å². The van der Waals surface area contributed by atoms with Gasteiger partial charge >= 0.3 is 25.5 Å². The average molecular weight is 320 g/mol. The van der Waals surface area contributed by atoms with Gasteiger partial charge in [-0.05, 0) is 0 Å². The Morgan fingerprint density at radius 1 is 1.52 bits per heavy atom. The van der Waals surface area contributed by atoms with Crippen LogP contribution in [0.3, 0.4) is 0 Å². The minimum Gasteiger partial charge on any atom is -0.452 e. The fraction of sp³-hybridized carbons (Fsp3) is 0.545. The number of hydrogen-bond acceptors (Lipinski definition) is 9. The van der Waals surface area contributed by atoms with Gasteiger partial charge in [0.1, 0.15) is 0 Å². The van der Waals surface area contributed by atoms with Crippen LogP contribution < -0.4 is 0 Å². The van der Waals surface area contributed by atoms with E-state index in [-0.39, 0.29) is 6.61 Å². The molecule has 2 unspecified atom stereocenters. The Balaban J connectivity index is 2.77. The van der Waals surface area contributed by atoms with Crippen LogP contribution in [0.15, 0.2) is 0 Å². The Kier molecular flexibility index (Phi) is 6.37. The quantitative estimate of drug-likeness (QED) is 0.307. The van der Waals surface area contributed by atoms with Crippen molar-refractivity contribution in [3.05, 3.63) is 0 Å². The summed E-state index contributed by atoms with van der Waals surface area (Å²) in [4.78, 5) is 38.9. The first kappa shape index (κ1) is 17.2. The lowest BCUT2D eigenvalue weighted by Gasteiger charge is -2.22. The lowest BCUT2D eigenvalue weighted by atomic mass is 10.0. The highest BCUT2D eigenvalue weighted by atomic mass is 31.2. The molecule has 9 nitrogen and oxygen atoms in total. The normalized spacial score (nSPS) is 25.8. The minimum atomic E-state index is -4.08. The van der Waals surface area contributed by atoms with E-state index < -0.39 is 50.6 Å². The summed E-state index contributed by atoms with van der Waals surface area (Å²) in [5, 5.41) is 0. The molecule has 0 aliphatic carbocycles. The highest BCUT2D eigenvalue weighted by molar-refractivity contribution is 7.54. The maximum Gasteiger partial charge on any atom is 0.443 e. The van der Waals surface area contributed by atoms with Crippen LogP contribution in [0.2, 0.25) is 0 Å². The molecular formula is C11H13O9P. The zero-order valence-corrected chi connectivity index (χ0v) is 12.0. The zero-order chi connectivity index (χ0) is 15.9. The van der Waals surface area contributed by atoms with Crippen molar-refractivity contribution in [2.24, 2.45) is 5.92 Å². The van der Waals surface area contributed by atoms with Crippen molar-refractivity contribution >= 4 is 25.5 Å². The van der Waals surface area contributed by atoms with E-state index in [2.05, 4.69) is 29.5 Å². The van der Waals surface area contributed by atoms with E-state index >= 15 is 0 Å². The molecule has 1 saturated heterocycles. The maximum atomic E-state index is 12.0. The summed E-state index contributed by atoms with van der Waals surface area (Å²) < 4.78 is 30.0. The molecule has 10 heteroatoms. The fourth-order valence-electron chi connectivity index (χ4n) is 1.39. The van der Waals surface area contributed by atoms with E-state index in [9.17, 15) is 18.9 Å². The molecule has 0 N–H and O–H groups in total. The standard InChI is InChI=1S/C11H13O9P/c1-3-4-17-9(12)5-8-6-10(13)18-20-21(15,7-16-2)19-11(8)14/h1,8H,4-7H2,2H3. The van der Waals surface area contributed by atoms with E-state index in [0.717, 1.165) is 0 Å². The minimum absolute atomic E-state index is 0.268. The van der Waals surface area contributed by atoms with Crippen LogP contribution in [-0.2, 0) is 42.5 Å². The summed E-state index contributed by atoms with van der Waals surface area (Å²) in [6.45, 7) is -0.268. The molecule has 1 fully saturated rings. The molecule has 0 amide bonds. The number of esters is 1. The van der Waals surface area contributed by atoms with Crippen LogP contribution >= 0.6 is 7.60 Å². The first-order valence-corrected chi connectivity index (χ1v) is 7.42. The maximum absolute atomic E-state index is 12.0. The van der Waals surface area contributed by atoms with Crippen molar-refractivity contribution < 1.29 is 42.5 Å². The molecule has 116 valence electrons. The van der Waals surface area contributed by atoms with Crippen molar-refractivity contribution in [1.29, 1.82) is 0 Å². The summed E-state index contributed by atoms with van der Waals surface area (Å²) in [7, 11) is -2.89. The highest BCUT2D eigenvalue weighted by Gasteiger charge is 2.40. The monoisotopic (exact) mass is 320 g/mol. The van der Waals surface area contributed by atoms with E-state index in [1.54, 1.807) is 0 Å². The molecule has 0 spiro atoms. The van der Waals surface area contributed by atoms with Gasteiger partial charge < -0.3 is 14.0 Å². The number of carbonyl (C=O) groups is 3. The van der Waals surface area contributed by atoms with Crippen LogP contribution in [0, 0.1) is 18.3 Å². The van der Waals surface area contributed by atoms with Crippen LogP contribution in [0.1, 0.15) is 12.8 Å². The number of carbonyl (C=O) groups excluding carboxylic acids is 3. The smallest absolute Gasteiger partial charge is 0.443 e. The number of hydrogen-bond donors (Lipinski definition) is 0. The number of ether oxygens (including phenoxy) is 2. The highest BCUT2D eigenvalue weighted by Crippen LogP contribution is 2.50. The van der Waals surface area contributed by atoms with Gasteiger partial charge in [-0.1, -0.05) is 10.6 Å². The number of terminal acetylenes is 1. The van der Waals surface area contributed by atoms with Crippen LogP contribution in [0.25, 0.3) is 0 Å². The second kappa shape index (κ2) is 7.78. The van der Waals surface area contributed by atoms with Crippen molar-refractivity contribution in [2.75, 3.05) is 20.1 Å². The average Bonchev–Trinajstić information content (AvgIpc) is 2.41. The predicted molar refractivity (Wildman–Crippen MR) is 65.3 cm³/mol. The summed E-state index contributed by atoms with van der Waals surface area (Å²) >= 11 is 0. The van der Waals surface area contributed by atoms with Crippen molar-refractivity contribution in [3.8, 4) is 12.3 Å². The molecule has 1 aliphatic rings. The molecule has 2 atom stereocenters. The lowest BCUT2D eigenvalue weighted by Crippen LogP contribution is -2.28. The van der Waals surface area contributed by atoms with Gasteiger partial charge in [-0.3, -0.25) is 14.5 Å². The zero-order valence-electron chi connectivity index (χ0n) is 11.1. The van der Waals surface area contributed by atoms with Gasteiger partial charge in [-0.15, -0.1) is 6.42 Å². The Bertz CT molecular complexity index is 506. The van der Waals surface area contributed by atoms with Gasteiger partial charge in [0.25, 0.3) is 0 Å². The van der Waals surface area contributed by atoms with E-state index in [0.29, 0.717) is 0 Å². The molecule has 21 heavy (non-hydrogen) atoms. The third-order valence-electron chi connectivity index (χ3n) is 2.24. The summed E-state index contributed by atoms with van der Waals surface area (Å²) in [6, 6.07) is 0. The summed E-state index contributed by atoms with van der Waals surface area (Å²) in [5.41, 5.74) is 0. The summed E-state index contributed by atoms with van der Waals surface area (Å²) in [5.74, 6) is -1.96. The molecule has 1 heterocycles. The second-order valence-corrected chi connectivity index (χ2v) is 5.75. The van der Waals surface area contributed by atoms with Gasteiger partial charge in [-0.25, -0.2) is 9.36 Å². The Morgan fingerprint density at radius 2 is 2.24 bits per heavy atom. The first-order chi connectivity index (χ1) is 9.90. The third kappa shape index (κ3) is 5.55. The number of rotatable bonds is 5. The summed E-state index contributed by atoms with van der Waals surface area (Å²) in [6.07, 6.45) is 3.36. The Hall–Kier alpha value is -1.88.